The van der Waals surface area contributed by atoms with E-state index in [4.69, 9.17) is 17.7 Å². The Morgan fingerprint density at radius 3 is 1.40 bits per heavy atom. The van der Waals surface area contributed by atoms with Crippen LogP contribution in [0.4, 0.5) is 13.2 Å². The molecule has 0 heterocycles. The van der Waals surface area contributed by atoms with Crippen molar-refractivity contribution in [1.29, 1.82) is 0 Å². The van der Waals surface area contributed by atoms with Gasteiger partial charge in [0.15, 0.2) is 11.6 Å². The molecule has 194 valence electrons. The summed E-state index contributed by atoms with van der Waals surface area (Å²) in [6.07, 6.45) is 4.67. The van der Waals surface area contributed by atoms with Gasteiger partial charge >= 0.3 is 15.6 Å². The van der Waals surface area contributed by atoms with Crippen LogP contribution < -0.4 is 4.74 Å². The number of rotatable bonds is 10. The number of ether oxygens (including phenoxy) is 1. The van der Waals surface area contributed by atoms with E-state index in [1.807, 2.05) is 50.2 Å². The Bertz CT molecular complexity index is 1060. The zero-order valence-corrected chi connectivity index (χ0v) is 21.1. The number of Topliss-reactive ketones (excluding diaryl/α,β-unsaturated/α-hetero) is 2. The summed E-state index contributed by atoms with van der Waals surface area (Å²) in [5.74, 6) is 1.87. The monoisotopic (exact) mass is 516 g/mol. The summed E-state index contributed by atoms with van der Waals surface area (Å²) in [6.45, 7) is 7.99. The van der Waals surface area contributed by atoms with Crippen LogP contribution in [0.15, 0.2) is 36.4 Å². The highest BCUT2D eigenvalue weighted by Gasteiger charge is 2.44. The third-order valence-electron chi connectivity index (χ3n) is 4.96. The zero-order chi connectivity index (χ0) is 26.8. The summed E-state index contributed by atoms with van der Waals surface area (Å²) < 4.78 is 63.8. The van der Waals surface area contributed by atoms with Crippen molar-refractivity contribution in [3.05, 3.63) is 58.7 Å². The summed E-state index contributed by atoms with van der Waals surface area (Å²) in [4.78, 5) is 24.1. The maximum Gasteiger partial charge on any atom is 0.522 e. The van der Waals surface area contributed by atoms with Crippen LogP contribution in [0.3, 0.4) is 0 Å². The number of alkyl halides is 3. The molecule has 0 saturated heterocycles. The van der Waals surface area contributed by atoms with Gasteiger partial charge in [-0.2, -0.15) is 21.6 Å². The number of hydrogen-bond acceptors (Lipinski definition) is 5. The Balaban J connectivity index is 0.000000658. The van der Waals surface area contributed by atoms with Gasteiger partial charge in [0, 0.05) is 24.0 Å². The summed E-state index contributed by atoms with van der Waals surface area (Å²) in [5.41, 5.74) is -1.95. The van der Waals surface area contributed by atoms with E-state index in [1.54, 1.807) is 0 Å². The molecule has 2 rings (SSSR count). The normalized spacial score (nSPS) is 11.4. The maximum absolute atomic E-state index is 12.0. The van der Waals surface area contributed by atoms with Gasteiger partial charge in [-0.3, -0.25) is 14.1 Å². The van der Waals surface area contributed by atoms with Crippen LogP contribution in [0.1, 0.15) is 85.2 Å². The van der Waals surface area contributed by atoms with Gasteiger partial charge in [0.05, 0.1) is 0 Å². The van der Waals surface area contributed by atoms with E-state index in [0.717, 1.165) is 59.4 Å². The predicted octanol–water partition coefficient (Wildman–Crippen LogP) is 6.96. The molecule has 0 atom stereocenters. The molecular formula is C25H31F3O6S. The predicted molar refractivity (Wildman–Crippen MR) is 128 cm³/mol. The summed E-state index contributed by atoms with van der Waals surface area (Å²) in [6, 6.07) is 11.4. The van der Waals surface area contributed by atoms with Crippen LogP contribution in [0.2, 0.25) is 0 Å². The second-order valence-electron chi connectivity index (χ2n) is 7.72. The smallest absolute Gasteiger partial charge is 0.457 e. The van der Waals surface area contributed by atoms with E-state index in [2.05, 4.69) is 13.8 Å². The lowest BCUT2D eigenvalue weighted by molar-refractivity contribution is -0.0510. The highest BCUT2D eigenvalue weighted by Crippen LogP contribution is 2.31. The Kier molecular flexibility index (Phi) is 11.6. The minimum Gasteiger partial charge on any atom is -0.457 e. The number of benzene rings is 2. The lowest BCUT2D eigenvalue weighted by Gasteiger charge is -2.16. The number of halogens is 3. The van der Waals surface area contributed by atoms with E-state index in [-0.39, 0.29) is 11.6 Å². The lowest BCUT2D eigenvalue weighted by atomic mass is 10.0. The van der Waals surface area contributed by atoms with Crippen LogP contribution in [-0.2, 0) is 23.0 Å². The fraction of sp³-hybridized carbons (Fsp3) is 0.440. The highest BCUT2D eigenvalue weighted by atomic mass is 32.2. The summed E-state index contributed by atoms with van der Waals surface area (Å²) in [5, 5.41) is 0. The second-order valence-corrected chi connectivity index (χ2v) is 9.13. The third kappa shape index (κ3) is 9.10. The fourth-order valence-corrected chi connectivity index (χ4v) is 3.16. The van der Waals surface area contributed by atoms with Crippen molar-refractivity contribution in [2.24, 2.45) is 0 Å². The average Bonchev–Trinajstić information content (AvgIpc) is 2.79. The first-order valence-corrected chi connectivity index (χ1v) is 12.8. The molecular weight excluding hydrogens is 485 g/mol. The molecule has 2 aromatic carbocycles. The van der Waals surface area contributed by atoms with E-state index in [0.29, 0.717) is 12.8 Å². The van der Waals surface area contributed by atoms with Gasteiger partial charge in [-0.15, -0.1) is 0 Å². The third-order valence-corrected chi connectivity index (χ3v) is 5.54. The molecule has 0 spiro atoms. The van der Waals surface area contributed by atoms with E-state index >= 15 is 0 Å². The van der Waals surface area contributed by atoms with Crippen molar-refractivity contribution in [3.63, 3.8) is 0 Å². The van der Waals surface area contributed by atoms with Crippen molar-refractivity contribution < 1.29 is 40.5 Å². The molecule has 0 aliphatic carbocycles. The summed E-state index contributed by atoms with van der Waals surface area (Å²) in [7, 11) is -5.84. The van der Waals surface area contributed by atoms with Gasteiger partial charge in [0.1, 0.15) is 11.5 Å². The molecule has 0 amide bonds. The van der Waals surface area contributed by atoms with E-state index in [1.165, 1.54) is 0 Å². The molecule has 35 heavy (non-hydrogen) atoms. The van der Waals surface area contributed by atoms with Gasteiger partial charge in [0.25, 0.3) is 0 Å². The molecule has 6 nitrogen and oxygen atoms in total. The van der Waals surface area contributed by atoms with Gasteiger partial charge in [-0.25, -0.2) is 0 Å². The Hall–Kier alpha value is -2.72. The van der Waals surface area contributed by atoms with Crippen molar-refractivity contribution in [3.8, 4) is 11.5 Å². The molecule has 1 N–H and O–H groups in total. The molecule has 0 bridgehead atoms. The van der Waals surface area contributed by atoms with Crippen molar-refractivity contribution in [1.82, 2.24) is 0 Å². The largest absolute Gasteiger partial charge is 0.522 e. The number of carbonyl (C=O) groups excluding carboxylic acids is 2. The SMILES string of the molecule is CCCc1cc(C(=O)CC)ccc1Oc1ccc(C(=O)CC)cc1CCC.O=S(=O)(O)C(F)(F)F. The lowest BCUT2D eigenvalue weighted by Crippen LogP contribution is -2.21. The first kappa shape index (κ1) is 30.3. The molecule has 0 saturated carbocycles. The Labute approximate surface area is 204 Å². The molecule has 0 unspecified atom stereocenters. The standard InChI is InChI=1S/C24H30O3.CHF3O3S/c1-5-9-19-15-17(21(25)7-3)11-13-23(19)27-24-14-12-18(22(26)8-4)16-20(24)10-6-2;2-1(3,4)8(5,6)7/h11-16H,5-10H2,1-4H3;(H,5,6,7). The fourth-order valence-electron chi connectivity index (χ4n) is 3.16. The van der Waals surface area contributed by atoms with Gasteiger partial charge < -0.3 is 4.74 Å². The number of aryl methyl sites for hydroxylation is 2. The highest BCUT2D eigenvalue weighted by molar-refractivity contribution is 7.86. The Morgan fingerprint density at radius 1 is 0.800 bits per heavy atom. The van der Waals surface area contributed by atoms with Crippen LogP contribution >= 0.6 is 0 Å². The molecule has 0 radical (unpaired) electrons. The molecule has 2 aromatic rings. The zero-order valence-electron chi connectivity index (χ0n) is 20.2. The van der Waals surface area contributed by atoms with E-state index in [9.17, 15) is 22.8 Å². The molecule has 0 aliphatic heterocycles. The average molecular weight is 517 g/mol. The maximum atomic E-state index is 12.0. The minimum absolute atomic E-state index is 0.146. The second kappa shape index (κ2) is 13.4. The first-order valence-electron chi connectivity index (χ1n) is 11.3. The van der Waals surface area contributed by atoms with Crippen molar-refractivity contribution in [2.45, 2.75) is 71.7 Å². The minimum atomic E-state index is -5.84. The van der Waals surface area contributed by atoms with Gasteiger partial charge in [0.2, 0.25) is 0 Å². The van der Waals surface area contributed by atoms with Crippen LogP contribution in [-0.4, -0.2) is 30.0 Å². The quantitative estimate of drug-likeness (QED) is 0.208. The van der Waals surface area contributed by atoms with Crippen LogP contribution in [0.5, 0.6) is 11.5 Å². The Morgan fingerprint density at radius 2 is 1.14 bits per heavy atom. The number of ketones is 2. The topological polar surface area (TPSA) is 97.7 Å². The molecule has 10 heteroatoms. The van der Waals surface area contributed by atoms with Crippen molar-refractivity contribution >= 4 is 21.7 Å². The summed E-state index contributed by atoms with van der Waals surface area (Å²) >= 11 is 0. The van der Waals surface area contributed by atoms with E-state index < -0.39 is 15.6 Å². The molecule has 0 aromatic heterocycles. The number of hydrogen-bond donors (Lipinski definition) is 1. The molecule has 0 aliphatic rings. The van der Waals surface area contributed by atoms with Crippen LogP contribution in [0, 0.1) is 0 Å². The molecule has 0 fully saturated rings. The first-order chi connectivity index (χ1) is 16.3. The van der Waals surface area contributed by atoms with Crippen molar-refractivity contribution in [2.75, 3.05) is 0 Å². The van der Waals surface area contributed by atoms with Gasteiger partial charge in [-0.05, 0) is 60.4 Å². The van der Waals surface area contributed by atoms with Crippen LogP contribution in [0.25, 0.3) is 0 Å². The van der Waals surface area contributed by atoms with Gasteiger partial charge in [-0.1, -0.05) is 40.5 Å². The number of carbonyl (C=O) groups is 2.